The van der Waals surface area contributed by atoms with Gasteiger partial charge in [-0.1, -0.05) is 5.16 Å². The van der Waals surface area contributed by atoms with Crippen LogP contribution in [0.4, 0.5) is 5.95 Å². The Morgan fingerprint density at radius 1 is 1.29 bits per heavy atom. The van der Waals surface area contributed by atoms with Crippen molar-refractivity contribution in [2.45, 2.75) is 32.6 Å². The van der Waals surface area contributed by atoms with Crippen LogP contribution in [0.15, 0.2) is 10.7 Å². The Morgan fingerprint density at radius 2 is 2.04 bits per heavy atom. The van der Waals surface area contributed by atoms with Gasteiger partial charge in [-0.05, 0) is 33.2 Å². The highest BCUT2D eigenvalue weighted by molar-refractivity contribution is 5.77. The molecule has 0 aromatic carbocycles. The number of amides is 1. The van der Waals surface area contributed by atoms with Gasteiger partial charge in [0.2, 0.25) is 11.9 Å². The molecule has 1 saturated heterocycles. The summed E-state index contributed by atoms with van der Waals surface area (Å²) in [6.45, 7) is 6.04. The topological polar surface area (TPSA) is 78.6 Å². The highest BCUT2D eigenvalue weighted by Gasteiger charge is 2.28. The second-order valence-electron chi connectivity index (χ2n) is 7.92. The smallest absolute Gasteiger partial charge is 0.236 e. The average molecular weight is 387 g/mol. The minimum atomic E-state index is 0.128. The lowest BCUT2D eigenvalue weighted by atomic mass is 9.89. The summed E-state index contributed by atoms with van der Waals surface area (Å²) in [6.07, 6.45) is 3.95. The van der Waals surface area contributed by atoms with Crippen molar-refractivity contribution in [1.29, 1.82) is 0 Å². The molecule has 2 aromatic rings. The van der Waals surface area contributed by atoms with Gasteiger partial charge in [0, 0.05) is 52.4 Å². The third-order valence-corrected chi connectivity index (χ3v) is 5.26. The molecule has 0 aliphatic carbocycles. The van der Waals surface area contributed by atoms with Gasteiger partial charge in [0.1, 0.15) is 5.76 Å². The number of anilines is 1. The lowest BCUT2D eigenvalue weighted by Gasteiger charge is -2.33. The van der Waals surface area contributed by atoms with E-state index >= 15 is 0 Å². The lowest BCUT2D eigenvalue weighted by Crippen LogP contribution is -2.41. The summed E-state index contributed by atoms with van der Waals surface area (Å²) < 4.78 is 5.39. The summed E-state index contributed by atoms with van der Waals surface area (Å²) in [7, 11) is 7.48. The minimum Gasteiger partial charge on any atom is -0.361 e. The molecular weight excluding hydrogens is 356 g/mol. The van der Waals surface area contributed by atoms with E-state index in [0.29, 0.717) is 12.5 Å². The van der Waals surface area contributed by atoms with E-state index in [4.69, 9.17) is 9.51 Å². The fourth-order valence-electron chi connectivity index (χ4n) is 3.73. The van der Waals surface area contributed by atoms with Gasteiger partial charge in [-0.2, -0.15) is 0 Å². The molecule has 0 N–H and O–H groups in total. The second kappa shape index (κ2) is 8.26. The summed E-state index contributed by atoms with van der Waals surface area (Å²) in [6, 6.07) is 0. The lowest BCUT2D eigenvalue weighted by molar-refractivity contribution is -0.130. The first kappa shape index (κ1) is 20.3. The average Bonchev–Trinajstić information content (AvgIpc) is 2.99. The Bertz CT molecular complexity index is 826. The van der Waals surface area contributed by atoms with Crippen molar-refractivity contribution in [3.8, 4) is 11.1 Å². The number of aromatic nitrogens is 3. The zero-order valence-electron chi connectivity index (χ0n) is 17.7. The number of hydrogen-bond donors (Lipinski definition) is 0. The van der Waals surface area contributed by atoms with Crippen LogP contribution < -0.4 is 4.90 Å². The second-order valence-corrected chi connectivity index (χ2v) is 7.92. The molecule has 1 unspecified atom stereocenters. The number of hydrogen-bond acceptors (Lipinski definition) is 7. The molecule has 8 heteroatoms. The van der Waals surface area contributed by atoms with Gasteiger partial charge in [0.15, 0.2) is 0 Å². The first-order chi connectivity index (χ1) is 13.3. The SMILES string of the molecule is Cc1noc(C)c1-c1cnc(N(C)C)nc1C1CCCN(CC(=O)N(C)C)C1. The van der Waals surface area contributed by atoms with Crippen LogP contribution in [0, 0.1) is 13.8 Å². The maximum atomic E-state index is 12.2. The van der Waals surface area contributed by atoms with Gasteiger partial charge in [0.25, 0.3) is 0 Å². The zero-order chi connectivity index (χ0) is 20.4. The molecule has 1 aliphatic heterocycles. The summed E-state index contributed by atoms with van der Waals surface area (Å²) in [5.41, 5.74) is 3.81. The molecule has 8 nitrogen and oxygen atoms in total. The highest BCUT2D eigenvalue weighted by atomic mass is 16.5. The zero-order valence-corrected chi connectivity index (χ0v) is 17.7. The molecule has 2 aromatic heterocycles. The first-order valence-electron chi connectivity index (χ1n) is 9.68. The van der Waals surface area contributed by atoms with E-state index < -0.39 is 0 Å². The molecule has 0 spiro atoms. The number of carbonyl (C=O) groups excluding carboxylic acids is 1. The Morgan fingerprint density at radius 3 is 2.64 bits per heavy atom. The standard InChI is InChI=1S/C20H30N6O2/c1-13-18(14(2)28-23-13)16-10-21-20(25(5)6)22-19(16)15-8-7-9-26(11-15)12-17(27)24(3)4/h10,15H,7-9,11-12H2,1-6H3. The largest absolute Gasteiger partial charge is 0.361 e. The number of rotatable bonds is 5. The third kappa shape index (κ3) is 4.16. The first-order valence-corrected chi connectivity index (χ1v) is 9.68. The molecule has 0 radical (unpaired) electrons. The molecule has 1 fully saturated rings. The van der Waals surface area contributed by atoms with Crippen LogP contribution in [0.1, 0.15) is 35.9 Å². The molecule has 3 heterocycles. The van der Waals surface area contributed by atoms with Crippen LogP contribution in [-0.4, -0.2) is 78.7 Å². The monoisotopic (exact) mass is 386 g/mol. The summed E-state index contributed by atoms with van der Waals surface area (Å²) in [5.74, 6) is 1.82. The predicted octanol–water partition coefficient (Wildman–Crippen LogP) is 2.08. The molecule has 1 amide bonds. The van der Waals surface area contributed by atoms with E-state index in [9.17, 15) is 4.79 Å². The number of likely N-dealkylation sites (N-methyl/N-ethyl adjacent to an activating group) is 1. The van der Waals surface area contributed by atoms with Crippen LogP contribution in [0.2, 0.25) is 0 Å². The van der Waals surface area contributed by atoms with Crippen molar-refractivity contribution in [3.63, 3.8) is 0 Å². The van der Waals surface area contributed by atoms with Crippen molar-refractivity contribution in [3.05, 3.63) is 23.3 Å². The number of nitrogens with zero attached hydrogens (tertiary/aromatic N) is 6. The number of carbonyl (C=O) groups is 1. The number of aryl methyl sites for hydroxylation is 2. The van der Waals surface area contributed by atoms with E-state index in [2.05, 4.69) is 15.0 Å². The van der Waals surface area contributed by atoms with Gasteiger partial charge in [-0.15, -0.1) is 0 Å². The quantitative estimate of drug-likeness (QED) is 0.778. The maximum Gasteiger partial charge on any atom is 0.236 e. The molecule has 1 atom stereocenters. The van der Waals surface area contributed by atoms with Crippen LogP contribution in [0.25, 0.3) is 11.1 Å². The molecule has 28 heavy (non-hydrogen) atoms. The van der Waals surface area contributed by atoms with E-state index in [1.807, 2.05) is 39.0 Å². The van der Waals surface area contributed by atoms with Gasteiger partial charge >= 0.3 is 0 Å². The third-order valence-electron chi connectivity index (χ3n) is 5.26. The fourth-order valence-corrected chi connectivity index (χ4v) is 3.73. The predicted molar refractivity (Wildman–Crippen MR) is 108 cm³/mol. The van der Waals surface area contributed by atoms with E-state index in [1.54, 1.807) is 19.0 Å². The molecule has 0 bridgehead atoms. The van der Waals surface area contributed by atoms with E-state index in [0.717, 1.165) is 54.2 Å². The maximum absolute atomic E-state index is 12.2. The molecule has 3 rings (SSSR count). The summed E-state index contributed by atoms with van der Waals surface area (Å²) >= 11 is 0. The molecule has 0 saturated carbocycles. The minimum absolute atomic E-state index is 0.128. The highest BCUT2D eigenvalue weighted by Crippen LogP contribution is 2.36. The van der Waals surface area contributed by atoms with E-state index in [1.165, 1.54) is 0 Å². The Labute approximate surface area is 166 Å². The van der Waals surface area contributed by atoms with Crippen molar-refractivity contribution < 1.29 is 9.32 Å². The summed E-state index contributed by atoms with van der Waals surface area (Å²) in [5, 5.41) is 4.11. The fraction of sp³-hybridized carbons (Fsp3) is 0.600. The van der Waals surface area contributed by atoms with Crippen LogP contribution in [0.5, 0.6) is 0 Å². The normalized spacial score (nSPS) is 17.6. The van der Waals surface area contributed by atoms with Crippen molar-refractivity contribution in [2.75, 3.05) is 52.7 Å². The molecular formula is C20H30N6O2. The molecule has 152 valence electrons. The number of likely N-dealkylation sites (tertiary alicyclic amines) is 1. The van der Waals surface area contributed by atoms with Crippen LogP contribution in [-0.2, 0) is 4.79 Å². The van der Waals surface area contributed by atoms with Gasteiger partial charge < -0.3 is 14.3 Å². The van der Waals surface area contributed by atoms with Gasteiger partial charge in [-0.25, -0.2) is 9.97 Å². The molecule has 1 aliphatic rings. The van der Waals surface area contributed by atoms with Gasteiger partial charge in [-0.3, -0.25) is 9.69 Å². The number of piperidine rings is 1. The Balaban J connectivity index is 1.97. The van der Waals surface area contributed by atoms with Crippen molar-refractivity contribution in [2.24, 2.45) is 0 Å². The van der Waals surface area contributed by atoms with Crippen molar-refractivity contribution in [1.82, 2.24) is 24.9 Å². The van der Waals surface area contributed by atoms with Crippen LogP contribution in [0.3, 0.4) is 0 Å². The summed E-state index contributed by atoms with van der Waals surface area (Å²) in [4.78, 5) is 27.4. The van der Waals surface area contributed by atoms with E-state index in [-0.39, 0.29) is 11.8 Å². The Kier molecular flexibility index (Phi) is 5.98. The van der Waals surface area contributed by atoms with Crippen LogP contribution >= 0.6 is 0 Å². The van der Waals surface area contributed by atoms with Crippen molar-refractivity contribution >= 4 is 11.9 Å². The Hall–Kier alpha value is -2.48. The van der Waals surface area contributed by atoms with Gasteiger partial charge in [0.05, 0.1) is 23.5 Å².